The first-order valence-electron chi connectivity index (χ1n) is 23.4. The van der Waals surface area contributed by atoms with Gasteiger partial charge in [-0.05, 0) is 89.9 Å². The fourth-order valence-electron chi connectivity index (χ4n) is 6.74. The van der Waals surface area contributed by atoms with Gasteiger partial charge in [-0.2, -0.15) is 0 Å². The van der Waals surface area contributed by atoms with Crippen LogP contribution in [0.2, 0.25) is 0 Å². The predicted octanol–water partition coefficient (Wildman–Crippen LogP) is 14.8. The molecule has 0 radical (unpaired) electrons. The van der Waals surface area contributed by atoms with Crippen LogP contribution in [-0.4, -0.2) is 35.6 Å². The number of allylic oxidation sites excluding steroid dienone is 10. The lowest BCUT2D eigenvalue weighted by Crippen LogP contribution is -2.28. The van der Waals surface area contributed by atoms with Gasteiger partial charge in [0.15, 0.2) is 0 Å². The first-order valence-corrected chi connectivity index (χ1v) is 23.4. The van der Waals surface area contributed by atoms with E-state index in [1.165, 1.54) is 109 Å². The van der Waals surface area contributed by atoms with Crippen LogP contribution in [0.15, 0.2) is 60.8 Å². The van der Waals surface area contributed by atoms with E-state index in [4.69, 9.17) is 9.84 Å². The summed E-state index contributed by atoms with van der Waals surface area (Å²) in [7, 11) is 0. The third kappa shape index (κ3) is 43.8. The molecule has 322 valence electrons. The highest BCUT2D eigenvalue weighted by atomic mass is 16.5. The van der Waals surface area contributed by atoms with E-state index in [9.17, 15) is 14.4 Å². The van der Waals surface area contributed by atoms with Crippen LogP contribution < -0.4 is 5.32 Å². The van der Waals surface area contributed by atoms with E-state index in [1.54, 1.807) is 0 Å². The largest absolute Gasteiger partial charge is 0.480 e. The number of nitrogens with one attached hydrogen (secondary N) is 1. The van der Waals surface area contributed by atoms with Gasteiger partial charge in [-0.15, -0.1) is 0 Å². The first-order chi connectivity index (χ1) is 27.5. The highest BCUT2D eigenvalue weighted by Crippen LogP contribution is 2.17. The van der Waals surface area contributed by atoms with Crippen LogP contribution in [0.3, 0.4) is 0 Å². The number of esters is 1. The number of hydrogen-bond acceptors (Lipinski definition) is 4. The summed E-state index contributed by atoms with van der Waals surface area (Å²) < 4.78 is 6.00. The Morgan fingerprint density at radius 3 is 1.43 bits per heavy atom. The molecule has 0 aromatic carbocycles. The van der Waals surface area contributed by atoms with Crippen LogP contribution in [0.25, 0.3) is 0 Å². The van der Waals surface area contributed by atoms with E-state index in [0.717, 1.165) is 89.9 Å². The summed E-state index contributed by atoms with van der Waals surface area (Å²) in [4.78, 5) is 35.1. The van der Waals surface area contributed by atoms with E-state index in [1.807, 2.05) is 0 Å². The van der Waals surface area contributed by atoms with Crippen molar-refractivity contribution in [2.75, 3.05) is 6.54 Å². The van der Waals surface area contributed by atoms with E-state index in [2.05, 4.69) is 79.9 Å². The molecule has 0 fully saturated rings. The van der Waals surface area contributed by atoms with Crippen LogP contribution in [0.4, 0.5) is 0 Å². The van der Waals surface area contributed by atoms with E-state index in [-0.39, 0.29) is 24.5 Å². The Labute approximate surface area is 345 Å². The van der Waals surface area contributed by atoms with Gasteiger partial charge in [0.05, 0.1) is 0 Å². The van der Waals surface area contributed by atoms with Crippen molar-refractivity contribution in [3.8, 4) is 0 Å². The molecule has 1 amide bonds. The van der Waals surface area contributed by atoms with Gasteiger partial charge >= 0.3 is 11.9 Å². The molecule has 0 rings (SSSR count). The molecule has 0 heterocycles. The third-order valence-corrected chi connectivity index (χ3v) is 10.2. The molecule has 1 atom stereocenters. The van der Waals surface area contributed by atoms with Crippen LogP contribution in [-0.2, 0) is 19.1 Å². The number of hydrogen-bond donors (Lipinski definition) is 2. The SMILES string of the molecule is CC/C=C\C/C=C\C/C=C\C/C=C\CCC(CCCCCCCC(=O)NCC(=O)O)OC(=O)CCCCCCCCCCC/C=C\CCCCCCCCCC. The summed E-state index contributed by atoms with van der Waals surface area (Å²) >= 11 is 0. The zero-order chi connectivity index (χ0) is 40.8. The second-order valence-electron chi connectivity index (χ2n) is 15.6. The van der Waals surface area contributed by atoms with Crippen molar-refractivity contribution in [1.82, 2.24) is 5.32 Å². The summed E-state index contributed by atoms with van der Waals surface area (Å²) in [5, 5.41) is 11.1. The number of ether oxygens (including phenoxy) is 1. The smallest absolute Gasteiger partial charge is 0.322 e. The number of carbonyl (C=O) groups excluding carboxylic acids is 2. The molecule has 0 bridgehead atoms. The zero-order valence-electron chi connectivity index (χ0n) is 36.5. The molecule has 56 heavy (non-hydrogen) atoms. The van der Waals surface area contributed by atoms with Gasteiger partial charge in [0, 0.05) is 12.8 Å². The van der Waals surface area contributed by atoms with Crippen molar-refractivity contribution >= 4 is 17.8 Å². The van der Waals surface area contributed by atoms with Crippen molar-refractivity contribution in [3.05, 3.63) is 60.8 Å². The van der Waals surface area contributed by atoms with Gasteiger partial charge in [0.1, 0.15) is 12.6 Å². The van der Waals surface area contributed by atoms with Gasteiger partial charge in [-0.3, -0.25) is 14.4 Å². The quantitative estimate of drug-likeness (QED) is 0.0365. The van der Waals surface area contributed by atoms with Crippen molar-refractivity contribution in [2.45, 2.75) is 232 Å². The summed E-state index contributed by atoms with van der Waals surface area (Å²) in [5.41, 5.74) is 0. The molecular weight excluding hydrogens is 695 g/mol. The number of carboxylic acid groups (broad SMARTS) is 1. The van der Waals surface area contributed by atoms with Crippen LogP contribution >= 0.6 is 0 Å². The Hall–Kier alpha value is -2.89. The standard InChI is InChI=1S/C50H87NO5/c1-3-5-7-9-11-13-15-17-18-19-20-21-22-23-24-26-28-30-32-37-41-45-50(55)56-47(43-39-35-33-36-40-44-48(52)51-46-49(53)54)42-38-34-31-29-27-25-16-14-12-10-8-6-4-2/h6,8,12,14,19-20,25,27,31,34,47H,3-5,7,9-11,13,15-18,21-24,26,28-30,32-33,35-46H2,1-2H3,(H,51,52)(H,53,54)/b8-6-,14-12-,20-19-,27-25-,34-31-. The third-order valence-electron chi connectivity index (χ3n) is 10.2. The molecule has 6 heteroatoms. The van der Waals surface area contributed by atoms with Gasteiger partial charge in [-0.1, -0.05) is 184 Å². The average Bonchev–Trinajstić information content (AvgIpc) is 3.18. The van der Waals surface area contributed by atoms with Gasteiger partial charge in [0.25, 0.3) is 0 Å². The zero-order valence-corrected chi connectivity index (χ0v) is 36.5. The fourth-order valence-corrected chi connectivity index (χ4v) is 6.74. The van der Waals surface area contributed by atoms with E-state index < -0.39 is 5.97 Å². The van der Waals surface area contributed by atoms with Crippen molar-refractivity contribution in [3.63, 3.8) is 0 Å². The molecule has 1 unspecified atom stereocenters. The van der Waals surface area contributed by atoms with Gasteiger partial charge < -0.3 is 15.2 Å². The van der Waals surface area contributed by atoms with E-state index in [0.29, 0.717) is 12.8 Å². The first kappa shape index (κ1) is 53.1. The fraction of sp³-hybridized carbons (Fsp3) is 0.740. The van der Waals surface area contributed by atoms with Crippen LogP contribution in [0.5, 0.6) is 0 Å². The Kier molecular flexibility index (Phi) is 42.5. The molecular formula is C50H87NO5. The van der Waals surface area contributed by atoms with E-state index >= 15 is 0 Å². The van der Waals surface area contributed by atoms with Crippen LogP contribution in [0, 0.1) is 0 Å². The number of amides is 1. The number of carboxylic acids is 1. The maximum atomic E-state index is 12.8. The lowest BCUT2D eigenvalue weighted by atomic mass is 10.0. The van der Waals surface area contributed by atoms with Crippen molar-refractivity contribution in [2.24, 2.45) is 0 Å². The van der Waals surface area contributed by atoms with Crippen molar-refractivity contribution in [1.29, 1.82) is 0 Å². The Morgan fingerprint density at radius 1 is 0.482 bits per heavy atom. The number of carbonyl (C=O) groups is 3. The second-order valence-corrected chi connectivity index (χ2v) is 15.6. The minimum absolute atomic E-state index is 0.0539. The normalized spacial score (nSPS) is 12.6. The van der Waals surface area contributed by atoms with Crippen LogP contribution in [0.1, 0.15) is 226 Å². The topological polar surface area (TPSA) is 92.7 Å². The summed E-state index contributed by atoms with van der Waals surface area (Å²) in [5.74, 6) is -1.28. The Balaban J connectivity index is 4.17. The average molecular weight is 782 g/mol. The summed E-state index contributed by atoms with van der Waals surface area (Å²) in [6.45, 7) is 4.11. The molecule has 0 aliphatic carbocycles. The molecule has 0 spiro atoms. The molecule has 2 N–H and O–H groups in total. The molecule has 0 aliphatic rings. The molecule has 0 saturated heterocycles. The monoisotopic (exact) mass is 782 g/mol. The number of rotatable bonds is 42. The van der Waals surface area contributed by atoms with Gasteiger partial charge in [-0.25, -0.2) is 0 Å². The summed E-state index contributed by atoms with van der Waals surface area (Å²) in [6, 6.07) is 0. The lowest BCUT2D eigenvalue weighted by molar-refractivity contribution is -0.150. The minimum Gasteiger partial charge on any atom is -0.480 e. The Bertz CT molecular complexity index is 1040. The Morgan fingerprint density at radius 2 is 0.911 bits per heavy atom. The molecule has 0 aromatic heterocycles. The summed E-state index contributed by atoms with van der Waals surface area (Å²) in [6.07, 6.45) is 59.3. The number of aliphatic carboxylic acids is 1. The molecule has 0 saturated carbocycles. The molecule has 0 aromatic rings. The lowest BCUT2D eigenvalue weighted by Gasteiger charge is -2.17. The highest BCUT2D eigenvalue weighted by Gasteiger charge is 2.14. The molecule has 0 aliphatic heterocycles. The maximum Gasteiger partial charge on any atom is 0.322 e. The predicted molar refractivity (Wildman–Crippen MR) is 240 cm³/mol. The second kappa shape index (κ2) is 44.8. The highest BCUT2D eigenvalue weighted by molar-refractivity contribution is 5.80. The maximum absolute atomic E-state index is 12.8. The van der Waals surface area contributed by atoms with Crippen molar-refractivity contribution < 1.29 is 24.2 Å². The number of unbranched alkanes of at least 4 members (excludes halogenated alkanes) is 21. The molecule has 6 nitrogen and oxygen atoms in total. The van der Waals surface area contributed by atoms with Gasteiger partial charge in [0.2, 0.25) is 5.91 Å². The minimum atomic E-state index is -1.02.